The predicted molar refractivity (Wildman–Crippen MR) is 80.1 cm³/mol. The van der Waals surface area contributed by atoms with Crippen molar-refractivity contribution in [2.75, 3.05) is 18.0 Å². The summed E-state index contributed by atoms with van der Waals surface area (Å²) in [6.45, 7) is 2.26. The van der Waals surface area contributed by atoms with Gasteiger partial charge in [0.2, 0.25) is 5.95 Å². The molecule has 0 spiro atoms. The van der Waals surface area contributed by atoms with Gasteiger partial charge in [-0.05, 0) is 37.8 Å². The molecule has 20 heavy (non-hydrogen) atoms. The fourth-order valence-corrected chi connectivity index (χ4v) is 3.76. The van der Waals surface area contributed by atoms with Crippen LogP contribution in [0.15, 0.2) is 12.1 Å². The minimum atomic E-state index is 0.108. The number of nitrogens with zero attached hydrogens (tertiary/aromatic N) is 3. The summed E-state index contributed by atoms with van der Waals surface area (Å²) in [6, 6.07) is 4.07. The Morgan fingerprint density at radius 2 is 2.05 bits per heavy atom. The van der Waals surface area contributed by atoms with Gasteiger partial charge in [-0.25, -0.2) is 9.97 Å². The molecule has 1 N–H and O–H groups in total. The molecule has 1 aliphatic heterocycles. The van der Waals surface area contributed by atoms with Crippen LogP contribution in [0.5, 0.6) is 0 Å². The number of aliphatic hydroxyl groups excluding tert-OH is 1. The van der Waals surface area contributed by atoms with E-state index in [1.165, 1.54) is 24.1 Å². The maximum Gasteiger partial charge on any atom is 0.226 e. The Kier molecular flexibility index (Phi) is 2.97. The van der Waals surface area contributed by atoms with Crippen LogP contribution in [0.2, 0.25) is 0 Å². The van der Waals surface area contributed by atoms with E-state index < -0.39 is 0 Å². The molecule has 0 bridgehead atoms. The normalized spacial score (nSPS) is 17.1. The van der Waals surface area contributed by atoms with Crippen molar-refractivity contribution in [3.05, 3.63) is 28.3 Å². The Morgan fingerprint density at radius 3 is 2.75 bits per heavy atom. The first-order valence-electron chi connectivity index (χ1n) is 7.20. The van der Waals surface area contributed by atoms with Gasteiger partial charge < -0.3 is 10.0 Å². The van der Waals surface area contributed by atoms with E-state index in [0.717, 1.165) is 47.3 Å². The molecule has 0 radical (unpaired) electrons. The van der Waals surface area contributed by atoms with Crippen LogP contribution in [0.3, 0.4) is 0 Å². The number of aliphatic hydroxyl groups is 1. The summed E-state index contributed by atoms with van der Waals surface area (Å²) in [4.78, 5) is 14.0. The third kappa shape index (κ3) is 1.93. The smallest absolute Gasteiger partial charge is 0.226 e. The highest BCUT2D eigenvalue weighted by Crippen LogP contribution is 2.36. The fourth-order valence-electron chi connectivity index (χ4n) is 2.87. The van der Waals surface area contributed by atoms with E-state index >= 15 is 0 Å². The van der Waals surface area contributed by atoms with E-state index in [9.17, 15) is 5.11 Å². The van der Waals surface area contributed by atoms with Crippen molar-refractivity contribution in [2.45, 2.75) is 32.3 Å². The van der Waals surface area contributed by atoms with E-state index in [4.69, 9.17) is 9.97 Å². The van der Waals surface area contributed by atoms with Gasteiger partial charge in [0.05, 0.1) is 17.2 Å². The number of hydrogen-bond donors (Lipinski definition) is 1. The second-order valence-corrected chi connectivity index (χ2v) is 6.58. The molecule has 5 heteroatoms. The number of anilines is 1. The molecule has 3 heterocycles. The maximum absolute atomic E-state index is 9.25. The van der Waals surface area contributed by atoms with E-state index in [-0.39, 0.29) is 6.61 Å². The summed E-state index contributed by atoms with van der Waals surface area (Å²) in [5.74, 6) is 0.894. The highest BCUT2D eigenvalue weighted by Gasteiger charge is 2.25. The van der Waals surface area contributed by atoms with Crippen LogP contribution in [0.4, 0.5) is 5.95 Å². The molecular formula is C15H17N3OS. The van der Waals surface area contributed by atoms with Gasteiger partial charge in [0.1, 0.15) is 0 Å². The molecule has 1 aliphatic carbocycles. The average Bonchev–Trinajstić information content (AvgIpc) is 3.04. The highest BCUT2D eigenvalue weighted by molar-refractivity contribution is 7.15. The molecule has 0 amide bonds. The lowest BCUT2D eigenvalue weighted by atomic mass is 10.1. The monoisotopic (exact) mass is 287 g/mol. The second kappa shape index (κ2) is 4.82. The van der Waals surface area contributed by atoms with Gasteiger partial charge in [0.25, 0.3) is 0 Å². The third-order valence-electron chi connectivity index (χ3n) is 4.11. The van der Waals surface area contributed by atoms with Crippen LogP contribution in [-0.2, 0) is 19.4 Å². The van der Waals surface area contributed by atoms with Crippen LogP contribution >= 0.6 is 11.3 Å². The summed E-state index contributed by atoms with van der Waals surface area (Å²) in [5, 5.41) is 9.25. The molecule has 104 valence electrons. The first-order valence-corrected chi connectivity index (χ1v) is 8.01. The Bertz CT molecular complexity index is 649. The van der Waals surface area contributed by atoms with Gasteiger partial charge in [-0.2, -0.15) is 0 Å². The fraction of sp³-hybridized carbons (Fsp3) is 0.467. The van der Waals surface area contributed by atoms with Crippen LogP contribution in [0.25, 0.3) is 10.6 Å². The lowest BCUT2D eigenvalue weighted by Crippen LogP contribution is -2.38. The summed E-state index contributed by atoms with van der Waals surface area (Å²) >= 11 is 1.64. The standard InChI is InChI=1S/C15H17N3OS/c19-9-10-5-6-13(20-10)14-11-3-1-4-12(11)16-15(17-14)18-7-2-8-18/h5-6,19H,1-4,7-9H2. The molecular weight excluding hydrogens is 270 g/mol. The number of fused-ring (bicyclic) bond motifs is 1. The minimum Gasteiger partial charge on any atom is -0.391 e. The summed E-state index contributed by atoms with van der Waals surface area (Å²) in [6.07, 6.45) is 4.57. The lowest BCUT2D eigenvalue weighted by Gasteiger charge is -2.31. The maximum atomic E-state index is 9.25. The Hall–Kier alpha value is -1.46. The molecule has 1 saturated heterocycles. The minimum absolute atomic E-state index is 0.108. The number of rotatable bonds is 3. The second-order valence-electron chi connectivity index (χ2n) is 5.42. The van der Waals surface area contributed by atoms with E-state index in [0.29, 0.717) is 0 Å². The predicted octanol–water partition coefficient (Wildman–Crippen LogP) is 2.40. The van der Waals surface area contributed by atoms with Crippen LogP contribution in [0, 0.1) is 0 Å². The summed E-state index contributed by atoms with van der Waals surface area (Å²) in [5.41, 5.74) is 3.65. The highest BCUT2D eigenvalue weighted by atomic mass is 32.1. The molecule has 2 aromatic rings. The molecule has 4 rings (SSSR count). The Labute approximate surface area is 122 Å². The SMILES string of the molecule is OCc1ccc(-c2nc(N3CCC3)nc3c2CCC3)s1. The zero-order valence-electron chi connectivity index (χ0n) is 11.3. The zero-order valence-corrected chi connectivity index (χ0v) is 12.1. The van der Waals surface area contributed by atoms with Crippen molar-refractivity contribution in [1.82, 2.24) is 9.97 Å². The quantitative estimate of drug-likeness (QED) is 0.941. The average molecular weight is 287 g/mol. The van der Waals surface area contributed by atoms with Gasteiger partial charge in [0.15, 0.2) is 0 Å². The van der Waals surface area contributed by atoms with Crippen molar-refractivity contribution in [3.8, 4) is 10.6 Å². The zero-order chi connectivity index (χ0) is 13.5. The molecule has 0 aromatic carbocycles. The first-order chi connectivity index (χ1) is 9.85. The number of aryl methyl sites for hydroxylation is 1. The van der Waals surface area contributed by atoms with Gasteiger partial charge >= 0.3 is 0 Å². The molecule has 0 saturated carbocycles. The Balaban J connectivity index is 1.82. The topological polar surface area (TPSA) is 49.3 Å². The van der Waals surface area contributed by atoms with Crippen molar-refractivity contribution >= 4 is 17.3 Å². The first kappa shape index (κ1) is 12.3. The number of aromatic nitrogens is 2. The van der Waals surface area contributed by atoms with Crippen molar-refractivity contribution in [1.29, 1.82) is 0 Å². The third-order valence-corrected chi connectivity index (χ3v) is 5.19. The number of thiophene rings is 1. The molecule has 0 atom stereocenters. The van der Waals surface area contributed by atoms with Gasteiger partial charge in [-0.1, -0.05) is 0 Å². The van der Waals surface area contributed by atoms with Crippen molar-refractivity contribution in [2.24, 2.45) is 0 Å². The number of hydrogen-bond acceptors (Lipinski definition) is 5. The lowest BCUT2D eigenvalue weighted by molar-refractivity contribution is 0.285. The van der Waals surface area contributed by atoms with Gasteiger partial charge in [-0.15, -0.1) is 11.3 Å². The van der Waals surface area contributed by atoms with Crippen LogP contribution in [-0.4, -0.2) is 28.2 Å². The molecule has 1 fully saturated rings. The largest absolute Gasteiger partial charge is 0.391 e. The molecule has 0 unspecified atom stereocenters. The summed E-state index contributed by atoms with van der Waals surface area (Å²) < 4.78 is 0. The Morgan fingerprint density at radius 1 is 1.15 bits per heavy atom. The van der Waals surface area contributed by atoms with Crippen LogP contribution < -0.4 is 4.90 Å². The van der Waals surface area contributed by atoms with E-state index in [1.54, 1.807) is 11.3 Å². The van der Waals surface area contributed by atoms with E-state index in [1.807, 2.05) is 6.07 Å². The van der Waals surface area contributed by atoms with Crippen LogP contribution in [0.1, 0.15) is 29.0 Å². The summed E-state index contributed by atoms with van der Waals surface area (Å²) in [7, 11) is 0. The van der Waals surface area contributed by atoms with E-state index in [2.05, 4.69) is 11.0 Å². The molecule has 4 nitrogen and oxygen atoms in total. The molecule has 2 aromatic heterocycles. The van der Waals surface area contributed by atoms with Gasteiger partial charge in [-0.3, -0.25) is 0 Å². The van der Waals surface area contributed by atoms with Crippen molar-refractivity contribution in [3.63, 3.8) is 0 Å². The molecule has 2 aliphatic rings. The van der Waals surface area contributed by atoms with Crippen molar-refractivity contribution < 1.29 is 5.11 Å². The van der Waals surface area contributed by atoms with Gasteiger partial charge in [0, 0.05) is 29.2 Å².